The van der Waals surface area contributed by atoms with Crippen LogP contribution in [0.25, 0.3) is 6.08 Å². The molecule has 0 saturated carbocycles. The first-order valence-corrected chi connectivity index (χ1v) is 6.49. The molecule has 1 heterocycles. The molecule has 1 unspecified atom stereocenters. The predicted octanol–water partition coefficient (Wildman–Crippen LogP) is 2.67. The third-order valence-electron chi connectivity index (χ3n) is 2.99. The standard InChI is InChI=1S/C16H16FNO3/c1-11(9-12-4-6-13(17)7-5-12)16(20)18-14(10-19)15-3-2-8-21-15/h2-9,14,19H,10H2,1H3,(H,18,20)/b11-9-. The number of rotatable bonds is 5. The zero-order valence-electron chi connectivity index (χ0n) is 11.5. The number of nitrogens with one attached hydrogen (secondary N) is 1. The second kappa shape index (κ2) is 6.85. The van der Waals surface area contributed by atoms with Crippen LogP contribution in [0, 0.1) is 5.82 Å². The number of amides is 1. The number of hydrogen-bond donors (Lipinski definition) is 2. The fraction of sp³-hybridized carbons (Fsp3) is 0.188. The van der Waals surface area contributed by atoms with Crippen molar-refractivity contribution in [3.05, 3.63) is 65.4 Å². The average Bonchev–Trinajstić information content (AvgIpc) is 3.01. The summed E-state index contributed by atoms with van der Waals surface area (Å²) in [4.78, 5) is 12.1. The van der Waals surface area contributed by atoms with Gasteiger partial charge in [0.05, 0.1) is 12.9 Å². The molecule has 1 aromatic carbocycles. The molecule has 0 radical (unpaired) electrons. The van der Waals surface area contributed by atoms with Gasteiger partial charge >= 0.3 is 0 Å². The molecule has 2 aromatic rings. The van der Waals surface area contributed by atoms with Crippen molar-refractivity contribution in [3.63, 3.8) is 0 Å². The Morgan fingerprint density at radius 3 is 2.67 bits per heavy atom. The van der Waals surface area contributed by atoms with E-state index in [2.05, 4.69) is 5.32 Å². The van der Waals surface area contributed by atoms with Crippen LogP contribution in [-0.4, -0.2) is 17.6 Å². The second-order valence-electron chi connectivity index (χ2n) is 4.60. The molecule has 5 heteroatoms. The number of halogens is 1. The summed E-state index contributed by atoms with van der Waals surface area (Å²) in [6.45, 7) is 1.39. The molecule has 0 aliphatic heterocycles. The van der Waals surface area contributed by atoms with Crippen LogP contribution in [0.5, 0.6) is 0 Å². The van der Waals surface area contributed by atoms with Crippen LogP contribution in [0.3, 0.4) is 0 Å². The normalized spacial score (nSPS) is 13.0. The molecule has 1 amide bonds. The average molecular weight is 289 g/mol. The molecule has 21 heavy (non-hydrogen) atoms. The smallest absolute Gasteiger partial charge is 0.247 e. The monoisotopic (exact) mass is 289 g/mol. The molecule has 1 atom stereocenters. The third kappa shape index (κ3) is 4.03. The lowest BCUT2D eigenvalue weighted by Gasteiger charge is -2.14. The van der Waals surface area contributed by atoms with Crippen molar-refractivity contribution in [2.45, 2.75) is 13.0 Å². The van der Waals surface area contributed by atoms with Crippen molar-refractivity contribution in [2.75, 3.05) is 6.61 Å². The molecule has 2 N–H and O–H groups in total. The van der Waals surface area contributed by atoms with E-state index in [0.717, 1.165) is 5.56 Å². The Bertz CT molecular complexity index is 617. The molecule has 0 spiro atoms. The fourth-order valence-electron chi connectivity index (χ4n) is 1.84. The lowest BCUT2D eigenvalue weighted by atomic mass is 10.1. The Morgan fingerprint density at radius 2 is 2.10 bits per heavy atom. The van der Waals surface area contributed by atoms with Crippen LogP contribution in [0.15, 0.2) is 52.7 Å². The number of aliphatic hydroxyl groups is 1. The van der Waals surface area contributed by atoms with Crippen LogP contribution >= 0.6 is 0 Å². The minimum atomic E-state index is -0.593. The van der Waals surface area contributed by atoms with E-state index in [1.54, 1.807) is 37.3 Å². The van der Waals surface area contributed by atoms with Crippen molar-refractivity contribution in [2.24, 2.45) is 0 Å². The highest BCUT2D eigenvalue weighted by atomic mass is 19.1. The Balaban J connectivity index is 2.06. The number of hydrogen-bond acceptors (Lipinski definition) is 3. The van der Waals surface area contributed by atoms with Crippen LogP contribution in [-0.2, 0) is 4.79 Å². The van der Waals surface area contributed by atoms with E-state index >= 15 is 0 Å². The molecule has 0 bridgehead atoms. The Kier molecular flexibility index (Phi) is 4.90. The van der Waals surface area contributed by atoms with Crippen LogP contribution in [0.4, 0.5) is 4.39 Å². The summed E-state index contributed by atoms with van der Waals surface area (Å²) in [5.41, 5.74) is 1.18. The van der Waals surface area contributed by atoms with Gasteiger partial charge in [-0.25, -0.2) is 4.39 Å². The highest BCUT2D eigenvalue weighted by molar-refractivity contribution is 5.97. The van der Waals surface area contributed by atoms with E-state index in [0.29, 0.717) is 11.3 Å². The van der Waals surface area contributed by atoms with Gasteiger partial charge in [-0.3, -0.25) is 4.79 Å². The summed E-state index contributed by atoms with van der Waals surface area (Å²) in [7, 11) is 0. The second-order valence-corrected chi connectivity index (χ2v) is 4.60. The molecule has 4 nitrogen and oxygen atoms in total. The summed E-state index contributed by atoms with van der Waals surface area (Å²) in [5, 5.41) is 12.0. The van der Waals surface area contributed by atoms with Crippen LogP contribution in [0.1, 0.15) is 24.3 Å². The van der Waals surface area contributed by atoms with Gasteiger partial charge in [0.2, 0.25) is 5.91 Å². The maximum absolute atomic E-state index is 12.8. The van der Waals surface area contributed by atoms with Crippen LogP contribution < -0.4 is 5.32 Å². The van der Waals surface area contributed by atoms with E-state index in [1.165, 1.54) is 18.4 Å². The SMILES string of the molecule is C/C(=C/c1ccc(F)cc1)C(=O)NC(CO)c1ccco1. The molecular formula is C16H16FNO3. The molecule has 2 rings (SSSR count). The van der Waals surface area contributed by atoms with E-state index in [4.69, 9.17) is 4.42 Å². The highest BCUT2D eigenvalue weighted by Crippen LogP contribution is 2.14. The molecule has 0 fully saturated rings. The van der Waals surface area contributed by atoms with Gasteiger partial charge in [-0.1, -0.05) is 12.1 Å². The first-order valence-electron chi connectivity index (χ1n) is 6.49. The van der Waals surface area contributed by atoms with Gasteiger partial charge in [-0.05, 0) is 42.8 Å². The lowest BCUT2D eigenvalue weighted by molar-refractivity contribution is -0.118. The summed E-state index contributed by atoms with van der Waals surface area (Å²) in [6.07, 6.45) is 3.12. The van der Waals surface area contributed by atoms with Crippen molar-refractivity contribution in [3.8, 4) is 0 Å². The molecule has 0 aliphatic rings. The number of benzene rings is 1. The van der Waals surface area contributed by atoms with Gasteiger partial charge in [0.25, 0.3) is 0 Å². The maximum Gasteiger partial charge on any atom is 0.247 e. The number of carbonyl (C=O) groups excluding carboxylic acids is 1. The predicted molar refractivity (Wildman–Crippen MR) is 76.7 cm³/mol. The summed E-state index contributed by atoms with van der Waals surface area (Å²) in [6, 6.07) is 8.60. The van der Waals surface area contributed by atoms with Gasteiger partial charge in [-0.2, -0.15) is 0 Å². The fourth-order valence-corrected chi connectivity index (χ4v) is 1.84. The molecule has 0 aliphatic carbocycles. The Morgan fingerprint density at radius 1 is 1.38 bits per heavy atom. The minimum Gasteiger partial charge on any atom is -0.467 e. The van der Waals surface area contributed by atoms with E-state index in [-0.39, 0.29) is 18.3 Å². The van der Waals surface area contributed by atoms with Gasteiger partial charge in [0.15, 0.2) is 0 Å². The lowest BCUT2D eigenvalue weighted by Crippen LogP contribution is -2.31. The quantitative estimate of drug-likeness (QED) is 0.832. The molecular weight excluding hydrogens is 273 g/mol. The Labute approximate surface area is 121 Å². The zero-order valence-corrected chi connectivity index (χ0v) is 11.5. The molecule has 0 saturated heterocycles. The first-order chi connectivity index (χ1) is 10.1. The molecule has 110 valence electrons. The summed E-state index contributed by atoms with van der Waals surface area (Å²) < 4.78 is 18.0. The van der Waals surface area contributed by atoms with Crippen molar-refractivity contribution < 1.29 is 18.7 Å². The van der Waals surface area contributed by atoms with Crippen molar-refractivity contribution in [1.82, 2.24) is 5.32 Å². The van der Waals surface area contributed by atoms with Crippen LogP contribution in [0.2, 0.25) is 0 Å². The summed E-state index contributed by atoms with van der Waals surface area (Å²) in [5.74, 6) is -0.164. The zero-order chi connectivity index (χ0) is 15.2. The number of carbonyl (C=O) groups is 1. The van der Waals surface area contributed by atoms with Gasteiger partial charge < -0.3 is 14.8 Å². The maximum atomic E-state index is 12.8. The van der Waals surface area contributed by atoms with Crippen molar-refractivity contribution >= 4 is 12.0 Å². The third-order valence-corrected chi connectivity index (χ3v) is 2.99. The highest BCUT2D eigenvalue weighted by Gasteiger charge is 2.16. The van der Waals surface area contributed by atoms with Gasteiger partial charge in [-0.15, -0.1) is 0 Å². The number of aliphatic hydroxyl groups excluding tert-OH is 1. The topological polar surface area (TPSA) is 62.5 Å². The van der Waals surface area contributed by atoms with Gasteiger partial charge in [0, 0.05) is 5.57 Å². The van der Waals surface area contributed by atoms with E-state index in [1.807, 2.05) is 0 Å². The number of furan rings is 1. The molecule has 1 aromatic heterocycles. The van der Waals surface area contributed by atoms with Gasteiger partial charge in [0.1, 0.15) is 17.6 Å². The first kappa shape index (κ1) is 15.0. The van der Waals surface area contributed by atoms with E-state index in [9.17, 15) is 14.3 Å². The van der Waals surface area contributed by atoms with E-state index < -0.39 is 6.04 Å². The summed E-state index contributed by atoms with van der Waals surface area (Å²) >= 11 is 0. The largest absolute Gasteiger partial charge is 0.467 e. The minimum absolute atomic E-state index is 0.261. The Hall–Kier alpha value is -2.40. The van der Waals surface area contributed by atoms with Crippen molar-refractivity contribution in [1.29, 1.82) is 0 Å².